The van der Waals surface area contributed by atoms with Crippen LogP contribution in [0.15, 0.2) is 24.3 Å². The van der Waals surface area contributed by atoms with Gasteiger partial charge in [-0.2, -0.15) is 0 Å². The lowest BCUT2D eigenvalue weighted by Crippen LogP contribution is -2.50. The third kappa shape index (κ3) is 3.07. The molecule has 5 aliphatic rings. The summed E-state index contributed by atoms with van der Waals surface area (Å²) in [6.45, 7) is 3.53. The lowest BCUT2D eigenvalue weighted by molar-refractivity contribution is -0.130. The van der Waals surface area contributed by atoms with E-state index in [9.17, 15) is 4.79 Å². The molecule has 158 valence electrons. The Kier molecular flexibility index (Phi) is 4.52. The van der Waals surface area contributed by atoms with E-state index >= 15 is 0 Å². The summed E-state index contributed by atoms with van der Waals surface area (Å²) in [7, 11) is 0. The van der Waals surface area contributed by atoms with Crippen LogP contribution in [0.2, 0.25) is 0 Å². The molecule has 2 unspecified atom stereocenters. The Morgan fingerprint density at radius 2 is 1.66 bits per heavy atom. The van der Waals surface area contributed by atoms with E-state index in [-0.39, 0.29) is 1.43 Å². The summed E-state index contributed by atoms with van der Waals surface area (Å²) in [4.78, 5) is 17.5. The summed E-state index contributed by atoms with van der Waals surface area (Å²) >= 11 is 0. The number of carbonyl (C=O) groups excluding carboxylic acids is 1. The first-order valence-electron chi connectivity index (χ1n) is 12.3. The Hall–Kier alpha value is -1.35. The quantitative estimate of drug-likeness (QED) is 0.679. The normalized spacial score (nSPS) is 36.6. The van der Waals surface area contributed by atoms with Crippen molar-refractivity contribution in [2.45, 2.75) is 88.1 Å². The monoisotopic (exact) mass is 394 g/mol. The molecule has 1 amide bonds. The fourth-order valence-electron chi connectivity index (χ4n) is 7.90. The molecule has 3 nitrogen and oxygen atoms in total. The van der Waals surface area contributed by atoms with Gasteiger partial charge in [-0.1, -0.05) is 37.1 Å². The summed E-state index contributed by atoms with van der Waals surface area (Å²) in [5.74, 6) is 2.44. The van der Waals surface area contributed by atoms with E-state index in [1.807, 2.05) is 0 Å². The van der Waals surface area contributed by atoms with Crippen molar-refractivity contribution in [2.24, 2.45) is 11.8 Å². The van der Waals surface area contributed by atoms with E-state index in [0.29, 0.717) is 17.4 Å². The van der Waals surface area contributed by atoms with E-state index in [1.165, 1.54) is 70.0 Å². The Morgan fingerprint density at radius 1 is 0.897 bits per heavy atom. The predicted molar refractivity (Wildman–Crippen MR) is 118 cm³/mol. The predicted octanol–water partition coefficient (Wildman–Crippen LogP) is 5.30. The maximum Gasteiger partial charge on any atom is 0.223 e. The number of rotatable bonds is 2. The average molecular weight is 395 g/mol. The number of nitrogens with zero attached hydrogens (tertiary/aromatic N) is 2. The standard InChI is InChI=1S/C26H36N2O.H2/c29-25-6-3-13-28(25)24-9-10-26(23-5-2-1-4-22(23)24)11-14-27(15-12-26)21-17-19-7-8-20(16-19)18-21;/h1-2,4-5,19-21,24H,3,6-18H2;1H/t19-,20?,21?,24+;/m1./s1. The lowest BCUT2D eigenvalue weighted by atomic mass is 9.63. The summed E-state index contributed by atoms with van der Waals surface area (Å²) in [6.07, 6.45) is 14.3. The topological polar surface area (TPSA) is 23.6 Å². The van der Waals surface area contributed by atoms with Gasteiger partial charge in [-0.05, 0) is 92.8 Å². The molecule has 2 saturated heterocycles. The van der Waals surface area contributed by atoms with Crippen molar-refractivity contribution in [2.75, 3.05) is 19.6 Å². The number of benzene rings is 1. The molecule has 1 aromatic carbocycles. The largest absolute Gasteiger partial charge is 0.336 e. The number of carbonyl (C=O) groups is 1. The average Bonchev–Trinajstić information content (AvgIpc) is 3.33. The zero-order chi connectivity index (χ0) is 19.4. The van der Waals surface area contributed by atoms with E-state index < -0.39 is 0 Å². The summed E-state index contributed by atoms with van der Waals surface area (Å²) in [6, 6.07) is 10.4. The Balaban J connectivity index is 0.00000193. The molecule has 2 aliphatic heterocycles. The second kappa shape index (κ2) is 7.11. The second-order valence-electron chi connectivity index (χ2n) is 10.8. The number of piperidine rings is 1. The zero-order valence-electron chi connectivity index (χ0n) is 17.8. The highest BCUT2D eigenvalue weighted by Crippen LogP contribution is 2.51. The maximum atomic E-state index is 12.4. The number of amides is 1. The van der Waals surface area contributed by atoms with Crippen LogP contribution < -0.4 is 0 Å². The van der Waals surface area contributed by atoms with Crippen molar-refractivity contribution in [1.82, 2.24) is 9.80 Å². The Labute approximate surface area is 177 Å². The molecule has 1 spiro atoms. The summed E-state index contributed by atoms with van der Waals surface area (Å²) < 4.78 is 0. The second-order valence-corrected chi connectivity index (χ2v) is 10.8. The highest BCUT2D eigenvalue weighted by atomic mass is 16.2. The Morgan fingerprint density at radius 3 is 2.38 bits per heavy atom. The maximum absolute atomic E-state index is 12.4. The number of hydrogen-bond acceptors (Lipinski definition) is 2. The molecule has 4 atom stereocenters. The van der Waals surface area contributed by atoms with Crippen molar-refractivity contribution in [3.63, 3.8) is 0 Å². The van der Waals surface area contributed by atoms with Crippen molar-refractivity contribution in [3.8, 4) is 0 Å². The molecule has 0 radical (unpaired) electrons. The van der Waals surface area contributed by atoms with Gasteiger partial charge in [-0.25, -0.2) is 0 Å². The molecular weight excluding hydrogens is 356 g/mol. The molecule has 0 N–H and O–H groups in total. The molecule has 1 aromatic rings. The van der Waals surface area contributed by atoms with Gasteiger partial charge in [-0.15, -0.1) is 0 Å². The minimum Gasteiger partial charge on any atom is -0.336 e. The van der Waals surface area contributed by atoms with Gasteiger partial charge in [0.2, 0.25) is 5.91 Å². The van der Waals surface area contributed by atoms with Crippen LogP contribution in [0.1, 0.15) is 89.2 Å². The molecular formula is C26H38N2O. The number of fused-ring (bicyclic) bond motifs is 4. The molecule has 2 heterocycles. The minimum atomic E-state index is 0. The highest BCUT2D eigenvalue weighted by molar-refractivity contribution is 5.78. The van der Waals surface area contributed by atoms with E-state index in [4.69, 9.17) is 0 Å². The van der Waals surface area contributed by atoms with Crippen LogP contribution in [-0.2, 0) is 10.2 Å². The Bertz CT molecular complexity index is 775. The van der Waals surface area contributed by atoms with Crippen LogP contribution in [-0.4, -0.2) is 41.4 Å². The number of likely N-dealkylation sites (tertiary alicyclic amines) is 2. The van der Waals surface area contributed by atoms with Crippen molar-refractivity contribution in [3.05, 3.63) is 35.4 Å². The fraction of sp³-hybridized carbons (Fsp3) is 0.731. The highest BCUT2D eigenvalue weighted by Gasteiger charge is 2.46. The molecule has 3 heteroatoms. The minimum absolute atomic E-state index is 0. The molecule has 0 aromatic heterocycles. The van der Waals surface area contributed by atoms with Gasteiger partial charge in [0.25, 0.3) is 0 Å². The van der Waals surface area contributed by atoms with E-state index in [1.54, 1.807) is 5.56 Å². The first-order valence-corrected chi connectivity index (χ1v) is 12.3. The first-order chi connectivity index (χ1) is 14.2. The molecule has 2 saturated carbocycles. The van der Waals surface area contributed by atoms with Crippen molar-refractivity contribution >= 4 is 5.91 Å². The van der Waals surface area contributed by atoms with Crippen LogP contribution in [0, 0.1) is 11.8 Å². The van der Waals surface area contributed by atoms with Gasteiger partial charge in [0.05, 0.1) is 6.04 Å². The SMILES string of the molecule is O=C1CCCN1[C@H]1CCC2(CCN(C3CC4CC[C@H](C4)C3)CC2)c2ccccc21.[HH]. The lowest BCUT2D eigenvalue weighted by Gasteiger charge is -2.50. The van der Waals surface area contributed by atoms with Crippen molar-refractivity contribution < 1.29 is 6.22 Å². The van der Waals surface area contributed by atoms with E-state index in [2.05, 4.69) is 34.1 Å². The smallest absolute Gasteiger partial charge is 0.223 e. The van der Waals surface area contributed by atoms with Crippen LogP contribution in [0.3, 0.4) is 0 Å². The van der Waals surface area contributed by atoms with Gasteiger partial charge in [-0.3, -0.25) is 4.79 Å². The van der Waals surface area contributed by atoms with Crippen LogP contribution >= 0.6 is 0 Å². The molecule has 6 rings (SSSR count). The third-order valence-corrected chi connectivity index (χ3v) is 9.41. The number of hydrogen-bond donors (Lipinski definition) is 0. The third-order valence-electron chi connectivity index (χ3n) is 9.41. The summed E-state index contributed by atoms with van der Waals surface area (Å²) in [5, 5.41) is 0. The van der Waals surface area contributed by atoms with Crippen LogP contribution in [0.5, 0.6) is 0 Å². The van der Waals surface area contributed by atoms with Crippen LogP contribution in [0.25, 0.3) is 0 Å². The fourth-order valence-corrected chi connectivity index (χ4v) is 7.90. The zero-order valence-corrected chi connectivity index (χ0v) is 17.8. The van der Waals surface area contributed by atoms with Gasteiger partial charge in [0.1, 0.15) is 0 Å². The first kappa shape index (κ1) is 18.4. The molecule has 4 fully saturated rings. The van der Waals surface area contributed by atoms with Crippen molar-refractivity contribution in [1.29, 1.82) is 0 Å². The van der Waals surface area contributed by atoms with E-state index in [0.717, 1.165) is 43.7 Å². The summed E-state index contributed by atoms with van der Waals surface area (Å²) in [5.41, 5.74) is 3.41. The van der Waals surface area contributed by atoms with Gasteiger partial charge in [0.15, 0.2) is 0 Å². The molecule has 29 heavy (non-hydrogen) atoms. The van der Waals surface area contributed by atoms with Gasteiger partial charge in [0, 0.05) is 20.4 Å². The molecule has 3 aliphatic carbocycles. The van der Waals surface area contributed by atoms with Gasteiger partial charge >= 0.3 is 0 Å². The van der Waals surface area contributed by atoms with Gasteiger partial charge < -0.3 is 9.80 Å². The molecule has 2 bridgehead atoms. The van der Waals surface area contributed by atoms with Crippen LogP contribution in [0.4, 0.5) is 0 Å².